The van der Waals surface area contributed by atoms with Crippen molar-refractivity contribution in [3.05, 3.63) is 42.0 Å². The zero-order valence-corrected chi connectivity index (χ0v) is 12.1. The molecule has 1 aliphatic heterocycles. The lowest BCUT2D eigenvalue weighted by Gasteiger charge is -2.15. The van der Waals surface area contributed by atoms with Crippen LogP contribution >= 0.6 is 0 Å². The summed E-state index contributed by atoms with van der Waals surface area (Å²) in [5.41, 5.74) is 2.37. The molecule has 1 heterocycles. The molecular formula is C18H20N2O. The smallest absolute Gasteiger partial charge is 0.241 e. The van der Waals surface area contributed by atoms with E-state index in [2.05, 4.69) is 41.0 Å². The highest BCUT2D eigenvalue weighted by molar-refractivity contribution is 6.05. The average Bonchev–Trinajstić information content (AvgIpc) is 3.20. The first-order chi connectivity index (χ1) is 10.3. The fourth-order valence-electron chi connectivity index (χ4n) is 3.31. The van der Waals surface area contributed by atoms with E-state index in [0.717, 1.165) is 36.4 Å². The number of hydrogen-bond acceptors (Lipinski definition) is 2. The lowest BCUT2D eigenvalue weighted by Crippen LogP contribution is -2.35. The van der Waals surface area contributed by atoms with Crippen molar-refractivity contribution in [1.29, 1.82) is 0 Å². The quantitative estimate of drug-likeness (QED) is 0.904. The third-order valence-corrected chi connectivity index (χ3v) is 4.61. The molecule has 0 spiro atoms. The molecule has 2 aliphatic rings. The van der Waals surface area contributed by atoms with E-state index in [4.69, 9.17) is 0 Å². The molecule has 3 nitrogen and oxygen atoms in total. The van der Waals surface area contributed by atoms with Gasteiger partial charge in [-0.15, -0.1) is 0 Å². The van der Waals surface area contributed by atoms with Crippen molar-refractivity contribution in [3.63, 3.8) is 0 Å². The largest absolute Gasteiger partial charge is 0.324 e. The summed E-state index contributed by atoms with van der Waals surface area (Å²) in [4.78, 5) is 12.3. The first kappa shape index (κ1) is 12.8. The van der Waals surface area contributed by atoms with Gasteiger partial charge in [0.1, 0.15) is 0 Å². The molecule has 2 fully saturated rings. The summed E-state index contributed by atoms with van der Waals surface area (Å²) in [5.74, 6) is 0.813. The van der Waals surface area contributed by atoms with Gasteiger partial charge in [-0.1, -0.05) is 30.3 Å². The topological polar surface area (TPSA) is 41.1 Å². The van der Waals surface area contributed by atoms with E-state index in [0.29, 0.717) is 0 Å². The van der Waals surface area contributed by atoms with Crippen LogP contribution in [0.4, 0.5) is 5.69 Å². The highest BCUT2D eigenvalue weighted by Gasteiger charge is 2.26. The van der Waals surface area contributed by atoms with Crippen molar-refractivity contribution < 1.29 is 4.79 Å². The Labute approximate surface area is 124 Å². The van der Waals surface area contributed by atoms with Crippen LogP contribution in [-0.2, 0) is 4.79 Å². The minimum Gasteiger partial charge on any atom is -0.324 e. The molecule has 0 radical (unpaired) electrons. The van der Waals surface area contributed by atoms with Gasteiger partial charge < -0.3 is 10.6 Å². The Morgan fingerprint density at radius 1 is 1.05 bits per heavy atom. The molecule has 2 aromatic rings. The third-order valence-electron chi connectivity index (χ3n) is 4.61. The number of fused-ring (bicyclic) bond motifs is 1. The molecule has 1 saturated heterocycles. The normalized spacial score (nSPS) is 21.6. The molecule has 4 rings (SSSR count). The van der Waals surface area contributed by atoms with Gasteiger partial charge in [-0.25, -0.2) is 0 Å². The number of carbonyl (C=O) groups is 1. The Balaban J connectivity index is 1.68. The van der Waals surface area contributed by atoms with E-state index < -0.39 is 0 Å². The van der Waals surface area contributed by atoms with Crippen LogP contribution in [0.2, 0.25) is 0 Å². The number of benzene rings is 2. The summed E-state index contributed by atoms with van der Waals surface area (Å²) in [6.45, 7) is 0.944. The number of carbonyl (C=O) groups excluding carboxylic acids is 1. The minimum atomic E-state index is -0.0353. The molecule has 108 valence electrons. The second-order valence-electron chi connectivity index (χ2n) is 6.16. The number of amides is 1. The van der Waals surface area contributed by atoms with Crippen molar-refractivity contribution in [3.8, 4) is 0 Å². The van der Waals surface area contributed by atoms with Crippen LogP contribution in [0.25, 0.3) is 10.8 Å². The maximum Gasteiger partial charge on any atom is 0.241 e. The van der Waals surface area contributed by atoms with Crippen LogP contribution < -0.4 is 10.6 Å². The summed E-state index contributed by atoms with van der Waals surface area (Å²) < 4.78 is 0. The lowest BCUT2D eigenvalue weighted by atomic mass is 9.99. The maximum absolute atomic E-state index is 12.3. The van der Waals surface area contributed by atoms with Crippen molar-refractivity contribution >= 4 is 22.4 Å². The van der Waals surface area contributed by atoms with Crippen LogP contribution in [0, 0.1) is 0 Å². The number of rotatable bonds is 3. The molecule has 1 saturated carbocycles. The van der Waals surface area contributed by atoms with Gasteiger partial charge in [-0.3, -0.25) is 4.79 Å². The summed E-state index contributed by atoms with van der Waals surface area (Å²) in [6, 6.07) is 12.6. The van der Waals surface area contributed by atoms with Crippen molar-refractivity contribution in [1.82, 2.24) is 5.32 Å². The first-order valence-electron chi connectivity index (χ1n) is 7.89. The molecular weight excluding hydrogens is 260 g/mol. The van der Waals surface area contributed by atoms with Crippen molar-refractivity contribution in [2.24, 2.45) is 0 Å². The molecule has 1 amide bonds. The predicted molar refractivity (Wildman–Crippen MR) is 85.6 cm³/mol. The highest BCUT2D eigenvalue weighted by Crippen LogP contribution is 2.44. The molecule has 2 N–H and O–H groups in total. The maximum atomic E-state index is 12.3. The fourth-order valence-corrected chi connectivity index (χ4v) is 3.31. The Morgan fingerprint density at radius 3 is 2.57 bits per heavy atom. The molecule has 2 aromatic carbocycles. The second-order valence-corrected chi connectivity index (χ2v) is 6.16. The lowest BCUT2D eigenvalue weighted by molar-refractivity contribution is -0.117. The van der Waals surface area contributed by atoms with E-state index >= 15 is 0 Å². The van der Waals surface area contributed by atoms with Crippen LogP contribution in [0.1, 0.15) is 37.2 Å². The van der Waals surface area contributed by atoms with E-state index in [-0.39, 0.29) is 11.9 Å². The molecule has 1 unspecified atom stereocenters. The van der Waals surface area contributed by atoms with Crippen LogP contribution in [0.15, 0.2) is 36.4 Å². The van der Waals surface area contributed by atoms with E-state index in [9.17, 15) is 4.79 Å². The summed E-state index contributed by atoms with van der Waals surface area (Å²) in [5, 5.41) is 8.81. The third kappa shape index (κ3) is 2.42. The average molecular weight is 280 g/mol. The number of nitrogens with one attached hydrogen (secondary N) is 2. The second kappa shape index (κ2) is 5.15. The molecule has 3 heteroatoms. The SMILES string of the molecule is O=C(Nc1ccc(C2CC2)c2ccccc12)C1CCCN1. The molecule has 1 atom stereocenters. The Bertz CT molecular complexity index is 685. The van der Waals surface area contributed by atoms with Gasteiger partial charge in [0.15, 0.2) is 0 Å². The molecule has 21 heavy (non-hydrogen) atoms. The highest BCUT2D eigenvalue weighted by atomic mass is 16.2. The summed E-state index contributed by atoms with van der Waals surface area (Å²) in [6.07, 6.45) is 4.60. The number of anilines is 1. The van der Waals surface area contributed by atoms with Gasteiger partial charge in [0, 0.05) is 11.1 Å². The molecule has 0 aromatic heterocycles. The zero-order chi connectivity index (χ0) is 14.2. The van der Waals surface area contributed by atoms with Gasteiger partial charge in [0.25, 0.3) is 0 Å². The van der Waals surface area contributed by atoms with E-state index in [1.54, 1.807) is 0 Å². The van der Waals surface area contributed by atoms with E-state index in [1.165, 1.54) is 23.8 Å². The molecule has 0 bridgehead atoms. The number of hydrogen-bond donors (Lipinski definition) is 2. The Kier molecular flexibility index (Phi) is 3.15. The van der Waals surface area contributed by atoms with Gasteiger partial charge >= 0.3 is 0 Å². The summed E-state index contributed by atoms with van der Waals surface area (Å²) in [7, 11) is 0. The van der Waals surface area contributed by atoms with Gasteiger partial charge in [0.05, 0.1) is 6.04 Å². The standard InChI is InChI=1S/C18H20N2O/c21-18(17-6-3-11-19-17)20-16-10-9-13(12-7-8-12)14-4-1-2-5-15(14)16/h1-2,4-5,9-10,12,17,19H,3,6-8,11H2,(H,20,21). The van der Waals surface area contributed by atoms with Gasteiger partial charge in [-0.2, -0.15) is 0 Å². The Hall–Kier alpha value is -1.87. The zero-order valence-electron chi connectivity index (χ0n) is 12.1. The monoisotopic (exact) mass is 280 g/mol. The molecule has 1 aliphatic carbocycles. The van der Waals surface area contributed by atoms with Crippen molar-refractivity contribution in [2.75, 3.05) is 11.9 Å². The summed E-state index contributed by atoms with van der Waals surface area (Å²) >= 11 is 0. The fraction of sp³-hybridized carbons (Fsp3) is 0.389. The van der Waals surface area contributed by atoms with Crippen LogP contribution in [0.5, 0.6) is 0 Å². The predicted octanol–water partition coefficient (Wildman–Crippen LogP) is 3.41. The van der Waals surface area contributed by atoms with Gasteiger partial charge in [-0.05, 0) is 55.2 Å². The van der Waals surface area contributed by atoms with Gasteiger partial charge in [0.2, 0.25) is 5.91 Å². The van der Waals surface area contributed by atoms with Crippen LogP contribution in [0.3, 0.4) is 0 Å². The van der Waals surface area contributed by atoms with E-state index in [1.807, 2.05) is 6.07 Å². The van der Waals surface area contributed by atoms with Crippen molar-refractivity contribution in [2.45, 2.75) is 37.6 Å². The first-order valence-corrected chi connectivity index (χ1v) is 7.89. The van der Waals surface area contributed by atoms with Crippen LogP contribution in [-0.4, -0.2) is 18.5 Å². The minimum absolute atomic E-state index is 0.0353. The Morgan fingerprint density at radius 2 is 1.86 bits per heavy atom.